The lowest BCUT2D eigenvalue weighted by Crippen LogP contribution is -2.43. The molecule has 3 aromatic rings. The van der Waals surface area contributed by atoms with Gasteiger partial charge in [0.05, 0.1) is 24.8 Å². The van der Waals surface area contributed by atoms with Gasteiger partial charge in [-0.15, -0.1) is 0 Å². The minimum absolute atomic E-state index is 0.117. The number of aliphatic hydroxyl groups is 1. The van der Waals surface area contributed by atoms with Gasteiger partial charge in [-0.3, -0.25) is 14.2 Å². The molecule has 1 aromatic heterocycles. The molecule has 0 aliphatic carbocycles. The van der Waals surface area contributed by atoms with Crippen molar-refractivity contribution in [3.05, 3.63) is 64.3 Å². The number of fused-ring (bicyclic) bond motifs is 1. The first-order chi connectivity index (χ1) is 14.3. The predicted octanol–water partition coefficient (Wildman–Crippen LogP) is 2.48. The molecule has 1 heterocycles. The molecule has 3 N–H and O–H groups in total. The van der Waals surface area contributed by atoms with Crippen LogP contribution < -0.4 is 10.1 Å². The van der Waals surface area contributed by atoms with Crippen LogP contribution in [0.1, 0.15) is 26.4 Å². The molecule has 0 aliphatic rings. The number of hydrogen-bond acceptors (Lipinski definition) is 5. The number of aliphatic hydroxyl groups excluding tert-OH is 1. The third-order valence-corrected chi connectivity index (χ3v) is 4.97. The largest absolute Gasteiger partial charge is 0.497 e. The van der Waals surface area contributed by atoms with Gasteiger partial charge in [0.25, 0.3) is 11.8 Å². The molecule has 0 saturated carbocycles. The Labute approximate surface area is 176 Å². The zero-order valence-corrected chi connectivity index (χ0v) is 16.9. The summed E-state index contributed by atoms with van der Waals surface area (Å²) in [6.07, 6.45) is 0. The number of rotatable bonds is 6. The predicted molar refractivity (Wildman–Crippen MR) is 110 cm³/mol. The molecule has 0 spiro atoms. The average molecular weight is 431 g/mol. The van der Waals surface area contributed by atoms with Crippen molar-refractivity contribution < 1.29 is 29.3 Å². The summed E-state index contributed by atoms with van der Waals surface area (Å²) in [6, 6.07) is 9.74. The molecule has 0 unspecified atom stereocenters. The minimum atomic E-state index is -1.48. The van der Waals surface area contributed by atoms with E-state index in [-0.39, 0.29) is 11.5 Å². The molecule has 8 nitrogen and oxygen atoms in total. The third-order valence-electron chi connectivity index (χ3n) is 4.72. The Morgan fingerprint density at radius 2 is 1.83 bits per heavy atom. The Kier molecular flexibility index (Phi) is 6.09. The highest BCUT2D eigenvalue weighted by Crippen LogP contribution is 2.30. The van der Waals surface area contributed by atoms with Crippen LogP contribution >= 0.6 is 11.6 Å². The number of carbonyl (C=O) groups excluding carboxylic acids is 2. The number of halogens is 1. The summed E-state index contributed by atoms with van der Waals surface area (Å²) >= 11 is 5.90. The number of hydrogen-bond donors (Lipinski definition) is 3. The van der Waals surface area contributed by atoms with E-state index >= 15 is 0 Å². The van der Waals surface area contributed by atoms with E-state index in [9.17, 15) is 19.5 Å². The molecule has 156 valence electrons. The molecule has 1 amide bonds. The Balaban J connectivity index is 2.18. The molecular weight excluding hydrogens is 412 g/mol. The van der Waals surface area contributed by atoms with Crippen molar-refractivity contribution in [2.45, 2.75) is 13.0 Å². The smallest absolute Gasteiger partial charge is 0.328 e. The SMILES string of the molecule is COc1ccc2c(c1)c(C(=O)N[C@@H](CO)C(=O)O)c(C)n2C(=O)c1ccc(Cl)cc1. The molecule has 2 aromatic carbocycles. The molecule has 1 atom stereocenters. The summed E-state index contributed by atoms with van der Waals surface area (Å²) in [5, 5.41) is 21.5. The third kappa shape index (κ3) is 3.87. The number of amides is 1. The number of carboxylic acid groups (broad SMARTS) is 1. The first-order valence-corrected chi connectivity index (χ1v) is 9.30. The number of nitrogens with zero attached hydrogens (tertiary/aromatic N) is 1. The van der Waals surface area contributed by atoms with Gasteiger partial charge in [-0.2, -0.15) is 0 Å². The van der Waals surface area contributed by atoms with Gasteiger partial charge in [0.2, 0.25) is 0 Å². The Morgan fingerprint density at radius 3 is 2.40 bits per heavy atom. The number of aromatic nitrogens is 1. The number of carbonyl (C=O) groups is 3. The van der Waals surface area contributed by atoms with Crippen LogP contribution in [0.4, 0.5) is 0 Å². The summed E-state index contributed by atoms with van der Waals surface area (Å²) in [5.41, 5.74) is 1.25. The van der Waals surface area contributed by atoms with E-state index in [1.54, 1.807) is 49.4 Å². The van der Waals surface area contributed by atoms with Gasteiger partial charge < -0.3 is 20.3 Å². The zero-order chi connectivity index (χ0) is 22.0. The molecule has 3 rings (SSSR count). The van der Waals surface area contributed by atoms with Crippen molar-refractivity contribution in [2.75, 3.05) is 13.7 Å². The standard InChI is InChI=1S/C21H19ClN2O6/c1-11-18(19(26)23-16(10-25)21(28)29)15-9-14(30-2)7-8-17(15)24(11)20(27)12-3-5-13(22)6-4-12/h3-9,16,25H,10H2,1-2H3,(H,23,26)(H,28,29)/t16-/m0/s1. The molecule has 0 aliphatic heterocycles. The van der Waals surface area contributed by atoms with Crippen LogP contribution in [-0.2, 0) is 4.79 Å². The fourth-order valence-corrected chi connectivity index (χ4v) is 3.34. The number of ether oxygens (including phenoxy) is 1. The summed E-state index contributed by atoms with van der Waals surface area (Å²) in [6.45, 7) is 0.815. The van der Waals surface area contributed by atoms with E-state index in [2.05, 4.69) is 5.32 Å². The lowest BCUT2D eigenvalue weighted by atomic mass is 10.1. The van der Waals surface area contributed by atoms with E-state index in [1.165, 1.54) is 11.7 Å². The van der Waals surface area contributed by atoms with Crippen molar-refractivity contribution in [3.8, 4) is 5.75 Å². The van der Waals surface area contributed by atoms with Gasteiger partial charge in [0, 0.05) is 21.7 Å². The second kappa shape index (κ2) is 8.56. The number of nitrogens with one attached hydrogen (secondary N) is 1. The monoisotopic (exact) mass is 430 g/mol. The highest BCUT2D eigenvalue weighted by atomic mass is 35.5. The van der Waals surface area contributed by atoms with E-state index in [0.29, 0.717) is 32.9 Å². The van der Waals surface area contributed by atoms with Crippen LogP contribution in [-0.4, -0.2) is 52.3 Å². The van der Waals surface area contributed by atoms with E-state index < -0.39 is 24.5 Å². The lowest BCUT2D eigenvalue weighted by molar-refractivity contribution is -0.140. The maximum atomic E-state index is 13.2. The molecule has 0 bridgehead atoms. The zero-order valence-electron chi connectivity index (χ0n) is 16.2. The van der Waals surface area contributed by atoms with Gasteiger partial charge in [0.15, 0.2) is 6.04 Å². The van der Waals surface area contributed by atoms with Crippen molar-refractivity contribution in [3.63, 3.8) is 0 Å². The van der Waals surface area contributed by atoms with Crippen molar-refractivity contribution in [1.82, 2.24) is 9.88 Å². The van der Waals surface area contributed by atoms with E-state index in [1.807, 2.05) is 0 Å². The normalized spacial score (nSPS) is 11.9. The van der Waals surface area contributed by atoms with Gasteiger partial charge in [-0.25, -0.2) is 4.79 Å². The second-order valence-corrected chi connectivity index (χ2v) is 6.97. The maximum Gasteiger partial charge on any atom is 0.328 e. The first-order valence-electron chi connectivity index (χ1n) is 8.92. The topological polar surface area (TPSA) is 118 Å². The molecule has 30 heavy (non-hydrogen) atoms. The minimum Gasteiger partial charge on any atom is -0.497 e. The van der Waals surface area contributed by atoms with Crippen molar-refractivity contribution in [1.29, 1.82) is 0 Å². The quantitative estimate of drug-likeness (QED) is 0.553. The van der Waals surface area contributed by atoms with Gasteiger partial charge in [0.1, 0.15) is 5.75 Å². The number of carboxylic acids is 1. The van der Waals surface area contributed by atoms with Crippen LogP contribution in [0.5, 0.6) is 5.75 Å². The van der Waals surface area contributed by atoms with Crippen molar-refractivity contribution >= 4 is 40.3 Å². The van der Waals surface area contributed by atoms with Crippen LogP contribution in [0.25, 0.3) is 10.9 Å². The Morgan fingerprint density at radius 1 is 1.17 bits per heavy atom. The fraction of sp³-hybridized carbons (Fsp3) is 0.190. The summed E-state index contributed by atoms with van der Waals surface area (Å²) in [7, 11) is 1.47. The average Bonchev–Trinajstić information content (AvgIpc) is 3.02. The van der Waals surface area contributed by atoms with Crippen LogP contribution in [0.2, 0.25) is 5.02 Å². The van der Waals surface area contributed by atoms with E-state index in [4.69, 9.17) is 21.4 Å². The summed E-state index contributed by atoms with van der Waals surface area (Å²) in [5.74, 6) is -2.02. The summed E-state index contributed by atoms with van der Waals surface area (Å²) < 4.78 is 6.61. The van der Waals surface area contributed by atoms with Crippen LogP contribution in [0, 0.1) is 6.92 Å². The highest BCUT2D eigenvalue weighted by Gasteiger charge is 2.27. The number of aliphatic carboxylic acids is 1. The lowest BCUT2D eigenvalue weighted by Gasteiger charge is -2.12. The van der Waals surface area contributed by atoms with Gasteiger partial charge >= 0.3 is 5.97 Å². The Bertz CT molecular complexity index is 1140. The number of benzene rings is 2. The molecule has 0 fully saturated rings. The van der Waals surface area contributed by atoms with Crippen LogP contribution in [0.15, 0.2) is 42.5 Å². The van der Waals surface area contributed by atoms with Crippen LogP contribution in [0.3, 0.4) is 0 Å². The molecule has 9 heteroatoms. The van der Waals surface area contributed by atoms with Gasteiger partial charge in [-0.05, 0) is 49.4 Å². The van der Waals surface area contributed by atoms with Gasteiger partial charge in [-0.1, -0.05) is 11.6 Å². The molecule has 0 radical (unpaired) electrons. The van der Waals surface area contributed by atoms with E-state index in [0.717, 1.165) is 0 Å². The second-order valence-electron chi connectivity index (χ2n) is 6.54. The summed E-state index contributed by atoms with van der Waals surface area (Å²) in [4.78, 5) is 37.3. The molecule has 0 saturated heterocycles. The fourth-order valence-electron chi connectivity index (χ4n) is 3.21. The maximum absolute atomic E-state index is 13.2. The molecular formula is C21H19ClN2O6. The van der Waals surface area contributed by atoms with Crippen molar-refractivity contribution in [2.24, 2.45) is 0 Å². The highest BCUT2D eigenvalue weighted by molar-refractivity contribution is 6.30. The first kappa shape index (κ1) is 21.4. The number of methoxy groups -OCH3 is 1. The Hall–Kier alpha value is -3.36.